The summed E-state index contributed by atoms with van der Waals surface area (Å²) in [6.07, 6.45) is 0. The van der Waals surface area contributed by atoms with E-state index in [2.05, 4.69) is 10.3 Å². The molecular formula is C14H8Cl2N2OS. The molecule has 0 atom stereocenters. The van der Waals surface area contributed by atoms with Crippen LogP contribution in [0.5, 0.6) is 0 Å². The van der Waals surface area contributed by atoms with Gasteiger partial charge in [0.2, 0.25) is 0 Å². The van der Waals surface area contributed by atoms with Crippen LogP contribution < -0.4 is 5.32 Å². The number of benzene rings is 2. The topological polar surface area (TPSA) is 42.0 Å². The summed E-state index contributed by atoms with van der Waals surface area (Å²) in [6.45, 7) is 0. The van der Waals surface area contributed by atoms with E-state index in [9.17, 15) is 4.79 Å². The number of aromatic nitrogens is 1. The number of hydrogen-bond donors (Lipinski definition) is 1. The monoisotopic (exact) mass is 322 g/mol. The van der Waals surface area contributed by atoms with Crippen LogP contribution in [-0.4, -0.2) is 10.9 Å². The summed E-state index contributed by atoms with van der Waals surface area (Å²) in [4.78, 5) is 16.4. The van der Waals surface area contributed by atoms with Crippen LogP contribution in [0.4, 0.5) is 5.69 Å². The lowest BCUT2D eigenvalue weighted by Crippen LogP contribution is -2.11. The fourth-order valence-corrected chi connectivity index (χ4v) is 2.98. The van der Waals surface area contributed by atoms with E-state index >= 15 is 0 Å². The van der Waals surface area contributed by atoms with E-state index < -0.39 is 0 Å². The van der Waals surface area contributed by atoms with Gasteiger partial charge in [-0.3, -0.25) is 4.79 Å². The minimum Gasteiger partial charge on any atom is -0.321 e. The zero-order chi connectivity index (χ0) is 14.1. The molecule has 0 saturated heterocycles. The van der Waals surface area contributed by atoms with Crippen LogP contribution in [-0.2, 0) is 0 Å². The zero-order valence-electron chi connectivity index (χ0n) is 10.1. The van der Waals surface area contributed by atoms with Gasteiger partial charge in [0, 0.05) is 10.6 Å². The lowest BCUT2D eigenvalue weighted by Gasteiger charge is -2.06. The van der Waals surface area contributed by atoms with Crippen LogP contribution in [0.3, 0.4) is 0 Å². The van der Waals surface area contributed by atoms with Crippen molar-refractivity contribution >= 4 is 56.3 Å². The van der Waals surface area contributed by atoms with E-state index in [1.807, 2.05) is 0 Å². The highest BCUT2D eigenvalue weighted by Crippen LogP contribution is 2.32. The maximum absolute atomic E-state index is 12.2. The molecule has 0 aliphatic rings. The Bertz CT molecular complexity index is 783. The van der Waals surface area contributed by atoms with Gasteiger partial charge in [-0.2, -0.15) is 0 Å². The summed E-state index contributed by atoms with van der Waals surface area (Å²) in [7, 11) is 0. The molecule has 20 heavy (non-hydrogen) atoms. The van der Waals surface area contributed by atoms with Gasteiger partial charge in [-0.15, -0.1) is 11.3 Å². The molecule has 0 radical (unpaired) electrons. The Labute approximate surface area is 129 Å². The van der Waals surface area contributed by atoms with E-state index in [0.29, 0.717) is 26.8 Å². The standard InChI is InChI=1S/C14H8Cl2N2OS/c15-9-3-1-8(2-4-9)14(19)18-11-6-5-10(16)12-13(11)20-7-17-12/h1-7H,(H,18,19). The minimum atomic E-state index is -0.196. The van der Waals surface area contributed by atoms with Gasteiger partial charge in [0.15, 0.2) is 0 Å². The first-order valence-corrected chi connectivity index (χ1v) is 7.37. The largest absolute Gasteiger partial charge is 0.321 e. The third-order valence-corrected chi connectivity index (χ3v) is 4.21. The SMILES string of the molecule is O=C(Nc1ccc(Cl)c2ncsc12)c1ccc(Cl)cc1. The fraction of sp³-hybridized carbons (Fsp3) is 0. The Morgan fingerprint density at radius 2 is 1.85 bits per heavy atom. The molecule has 1 N–H and O–H groups in total. The second kappa shape index (κ2) is 5.40. The van der Waals surface area contributed by atoms with Crippen molar-refractivity contribution in [3.63, 3.8) is 0 Å². The van der Waals surface area contributed by atoms with E-state index in [1.165, 1.54) is 11.3 Å². The number of nitrogens with one attached hydrogen (secondary N) is 1. The van der Waals surface area contributed by atoms with Crippen molar-refractivity contribution in [1.29, 1.82) is 0 Å². The molecule has 0 aliphatic heterocycles. The number of nitrogens with zero attached hydrogens (tertiary/aromatic N) is 1. The predicted molar refractivity (Wildman–Crippen MR) is 84.0 cm³/mol. The van der Waals surface area contributed by atoms with Crippen LogP contribution in [0.15, 0.2) is 41.9 Å². The third-order valence-electron chi connectivity index (χ3n) is 2.79. The Kier molecular flexibility index (Phi) is 3.61. The molecule has 0 bridgehead atoms. The molecule has 1 heterocycles. The molecule has 0 saturated carbocycles. The summed E-state index contributed by atoms with van der Waals surface area (Å²) in [5, 5.41) is 4.03. The molecule has 3 rings (SSSR count). The Hall–Kier alpha value is -1.62. The molecule has 100 valence electrons. The normalized spacial score (nSPS) is 10.7. The maximum atomic E-state index is 12.2. The Morgan fingerprint density at radius 3 is 2.60 bits per heavy atom. The van der Waals surface area contributed by atoms with Gasteiger partial charge < -0.3 is 5.32 Å². The molecule has 1 aromatic heterocycles. The Morgan fingerprint density at radius 1 is 1.10 bits per heavy atom. The minimum absolute atomic E-state index is 0.196. The first-order valence-electron chi connectivity index (χ1n) is 5.74. The lowest BCUT2D eigenvalue weighted by atomic mass is 10.2. The molecule has 0 fully saturated rings. The van der Waals surface area contributed by atoms with Crippen molar-refractivity contribution in [1.82, 2.24) is 4.98 Å². The van der Waals surface area contributed by atoms with E-state index in [1.54, 1.807) is 41.9 Å². The van der Waals surface area contributed by atoms with Crippen LogP contribution in [0.1, 0.15) is 10.4 Å². The van der Waals surface area contributed by atoms with E-state index in [0.717, 1.165) is 4.70 Å². The highest BCUT2D eigenvalue weighted by molar-refractivity contribution is 7.17. The number of rotatable bonds is 2. The van der Waals surface area contributed by atoms with Crippen molar-refractivity contribution in [2.75, 3.05) is 5.32 Å². The van der Waals surface area contributed by atoms with Crippen LogP contribution in [0.2, 0.25) is 10.0 Å². The predicted octanol–water partition coefficient (Wildman–Crippen LogP) is 4.86. The van der Waals surface area contributed by atoms with Gasteiger partial charge >= 0.3 is 0 Å². The number of anilines is 1. The molecule has 6 heteroatoms. The smallest absolute Gasteiger partial charge is 0.255 e. The number of carbonyl (C=O) groups is 1. The third kappa shape index (κ3) is 2.50. The molecule has 0 aliphatic carbocycles. The second-order valence-electron chi connectivity index (χ2n) is 4.09. The molecule has 3 aromatic rings. The number of halogens is 2. The molecule has 2 aromatic carbocycles. The zero-order valence-corrected chi connectivity index (χ0v) is 12.4. The second-order valence-corrected chi connectivity index (χ2v) is 5.78. The van der Waals surface area contributed by atoms with Crippen molar-refractivity contribution in [3.8, 4) is 0 Å². The summed E-state index contributed by atoms with van der Waals surface area (Å²) in [6, 6.07) is 10.2. The number of carbonyl (C=O) groups excluding carboxylic acids is 1. The van der Waals surface area contributed by atoms with Crippen LogP contribution in [0, 0.1) is 0 Å². The summed E-state index contributed by atoms with van der Waals surface area (Å²) in [5.41, 5.74) is 3.65. The highest BCUT2D eigenvalue weighted by atomic mass is 35.5. The van der Waals surface area contributed by atoms with Gasteiger partial charge in [-0.1, -0.05) is 23.2 Å². The maximum Gasteiger partial charge on any atom is 0.255 e. The Balaban J connectivity index is 1.93. The summed E-state index contributed by atoms with van der Waals surface area (Å²) < 4.78 is 0.861. The fourth-order valence-electron chi connectivity index (χ4n) is 1.81. The average Bonchev–Trinajstić information content (AvgIpc) is 2.93. The number of thiazole rings is 1. The van der Waals surface area contributed by atoms with Gasteiger partial charge in [-0.25, -0.2) is 4.98 Å². The number of amides is 1. The first kappa shape index (κ1) is 13.4. The van der Waals surface area contributed by atoms with E-state index in [4.69, 9.17) is 23.2 Å². The number of fused-ring (bicyclic) bond motifs is 1. The number of hydrogen-bond acceptors (Lipinski definition) is 3. The molecule has 0 unspecified atom stereocenters. The van der Waals surface area contributed by atoms with Gasteiger partial charge in [-0.05, 0) is 36.4 Å². The first-order chi connectivity index (χ1) is 9.65. The lowest BCUT2D eigenvalue weighted by molar-refractivity contribution is 0.102. The average molecular weight is 323 g/mol. The molecule has 1 amide bonds. The quantitative estimate of drug-likeness (QED) is 0.732. The van der Waals surface area contributed by atoms with Crippen LogP contribution in [0.25, 0.3) is 10.2 Å². The molecule has 0 spiro atoms. The van der Waals surface area contributed by atoms with Crippen molar-refractivity contribution in [3.05, 3.63) is 57.5 Å². The van der Waals surface area contributed by atoms with Gasteiger partial charge in [0.05, 0.1) is 20.9 Å². The van der Waals surface area contributed by atoms with Gasteiger partial charge in [0.25, 0.3) is 5.91 Å². The summed E-state index contributed by atoms with van der Waals surface area (Å²) >= 11 is 13.3. The molecular weight excluding hydrogens is 315 g/mol. The van der Waals surface area contributed by atoms with Crippen molar-refractivity contribution in [2.45, 2.75) is 0 Å². The summed E-state index contributed by atoms with van der Waals surface area (Å²) in [5.74, 6) is -0.196. The van der Waals surface area contributed by atoms with E-state index in [-0.39, 0.29) is 5.91 Å². The van der Waals surface area contributed by atoms with Crippen molar-refractivity contribution in [2.24, 2.45) is 0 Å². The highest BCUT2D eigenvalue weighted by Gasteiger charge is 2.11. The van der Waals surface area contributed by atoms with Crippen molar-refractivity contribution < 1.29 is 4.79 Å². The van der Waals surface area contributed by atoms with Gasteiger partial charge in [0.1, 0.15) is 5.52 Å². The van der Waals surface area contributed by atoms with Crippen LogP contribution >= 0.6 is 34.5 Å². The molecule has 3 nitrogen and oxygen atoms in total.